The van der Waals surface area contributed by atoms with Crippen molar-refractivity contribution in [1.29, 1.82) is 5.26 Å². The van der Waals surface area contributed by atoms with Gasteiger partial charge in [0.15, 0.2) is 11.5 Å². The molecule has 7 rings (SSSR count). The lowest BCUT2D eigenvalue weighted by Crippen LogP contribution is -2.47. The fourth-order valence-electron chi connectivity index (χ4n) is 6.68. The quantitative estimate of drug-likeness (QED) is 0.230. The Kier molecular flexibility index (Phi) is 8.74. The molecular formula is C36H30ClF3N8O5. The Labute approximate surface area is 304 Å². The van der Waals surface area contributed by atoms with Crippen molar-refractivity contribution in [3.8, 4) is 23.2 Å². The van der Waals surface area contributed by atoms with Crippen molar-refractivity contribution >= 4 is 34.9 Å². The van der Waals surface area contributed by atoms with Gasteiger partial charge in [0.05, 0.1) is 45.6 Å². The average Bonchev–Trinajstić information content (AvgIpc) is 3.74. The molecule has 13 nitrogen and oxygen atoms in total. The standard InChI is InChI=1S/C36H30ClF3N8O5/c1-34(2,19-41)21-7-5-20(6-8-21)30-44-33-47(17-27(50)43-24-10-9-22(16-23(24)37)36(38,39)40)25-18-53-35(28(25)31(51)48(33)45-30)11-14-46(15-12-35)32(52)29-26(49)4-3-13-42-29/h3-10,13,16,49H,11-12,14-15,17-18H2,1-2H3,(H,43,50). The van der Waals surface area contributed by atoms with Crippen molar-refractivity contribution in [2.24, 2.45) is 0 Å². The molecule has 0 atom stereocenters. The third kappa shape index (κ3) is 6.36. The van der Waals surface area contributed by atoms with E-state index in [1.807, 2.05) is 0 Å². The minimum Gasteiger partial charge on any atom is -0.505 e. The van der Waals surface area contributed by atoms with Gasteiger partial charge in [-0.1, -0.05) is 35.9 Å². The van der Waals surface area contributed by atoms with Gasteiger partial charge < -0.3 is 24.6 Å². The summed E-state index contributed by atoms with van der Waals surface area (Å²) in [5, 5.41) is 26.5. The van der Waals surface area contributed by atoms with Gasteiger partial charge in [0.2, 0.25) is 11.7 Å². The van der Waals surface area contributed by atoms with Crippen LogP contribution in [0.1, 0.15) is 59.6 Å². The second kappa shape index (κ2) is 13.0. The highest BCUT2D eigenvalue weighted by molar-refractivity contribution is 6.33. The summed E-state index contributed by atoms with van der Waals surface area (Å²) in [7, 11) is 0. The molecule has 0 saturated carbocycles. The van der Waals surface area contributed by atoms with E-state index < -0.39 is 46.7 Å². The number of ether oxygens (including phenoxy) is 1. The number of likely N-dealkylation sites (tertiary alicyclic amines) is 1. The maximum Gasteiger partial charge on any atom is 0.416 e. The Bertz CT molecular complexity index is 2390. The van der Waals surface area contributed by atoms with Crippen LogP contribution in [0.5, 0.6) is 5.75 Å². The van der Waals surface area contributed by atoms with Gasteiger partial charge in [-0.05, 0) is 62.6 Å². The molecular weight excluding hydrogens is 717 g/mol. The summed E-state index contributed by atoms with van der Waals surface area (Å²) in [5.41, 5.74) is -1.69. The van der Waals surface area contributed by atoms with Crippen LogP contribution in [0.25, 0.3) is 17.2 Å². The van der Waals surface area contributed by atoms with Gasteiger partial charge in [-0.25, -0.2) is 4.98 Å². The minimum atomic E-state index is -4.63. The molecule has 0 bridgehead atoms. The molecule has 0 unspecified atom stereocenters. The molecule has 2 N–H and O–H groups in total. The zero-order valence-electron chi connectivity index (χ0n) is 28.2. The number of aromatic nitrogens is 5. The van der Waals surface area contributed by atoms with E-state index in [0.717, 1.165) is 22.2 Å². The smallest absolute Gasteiger partial charge is 0.416 e. The molecule has 17 heteroatoms. The molecule has 3 aromatic heterocycles. The van der Waals surface area contributed by atoms with Gasteiger partial charge in [0, 0.05) is 24.8 Å². The number of nitrogens with zero attached hydrogens (tertiary/aromatic N) is 7. The number of nitrogens with one attached hydrogen (secondary N) is 1. The van der Waals surface area contributed by atoms with E-state index in [2.05, 4.69) is 26.5 Å². The highest BCUT2D eigenvalue weighted by Gasteiger charge is 2.48. The highest BCUT2D eigenvalue weighted by atomic mass is 35.5. The van der Waals surface area contributed by atoms with Crippen LogP contribution in [0.4, 0.5) is 18.9 Å². The SMILES string of the molecule is CC(C)(C#N)c1ccc(-c2nc3n(CC(=O)Nc4ccc(C(F)(F)F)cc4Cl)c4c(c(=O)n3n2)C2(CCN(C(=O)c3ncccc3O)CC2)OC4)cc1. The Morgan fingerprint density at radius 1 is 1.09 bits per heavy atom. The maximum absolute atomic E-state index is 14.3. The number of hydrogen-bond acceptors (Lipinski definition) is 9. The number of hydrogen-bond donors (Lipinski definition) is 2. The van der Waals surface area contributed by atoms with Gasteiger partial charge in [-0.15, -0.1) is 5.10 Å². The largest absolute Gasteiger partial charge is 0.505 e. The Morgan fingerprint density at radius 3 is 2.43 bits per heavy atom. The first kappa shape index (κ1) is 35.6. The molecule has 1 fully saturated rings. The van der Waals surface area contributed by atoms with E-state index >= 15 is 0 Å². The van der Waals surface area contributed by atoms with E-state index in [4.69, 9.17) is 16.3 Å². The first-order valence-corrected chi connectivity index (χ1v) is 16.8. The van der Waals surface area contributed by atoms with E-state index in [0.29, 0.717) is 17.3 Å². The first-order chi connectivity index (χ1) is 25.1. The Hall–Kier alpha value is -5.79. The summed E-state index contributed by atoms with van der Waals surface area (Å²) in [4.78, 5) is 51.2. The van der Waals surface area contributed by atoms with Crippen LogP contribution < -0.4 is 10.9 Å². The number of pyridine rings is 1. The number of aromatic hydroxyl groups is 1. The number of anilines is 1. The fourth-order valence-corrected chi connectivity index (χ4v) is 6.91. The van der Waals surface area contributed by atoms with Crippen molar-refractivity contribution in [3.05, 3.63) is 104 Å². The Morgan fingerprint density at radius 2 is 1.79 bits per heavy atom. The molecule has 1 saturated heterocycles. The zero-order chi connectivity index (χ0) is 37.9. The molecule has 2 amide bonds. The van der Waals surface area contributed by atoms with Gasteiger partial charge in [0.1, 0.15) is 17.9 Å². The van der Waals surface area contributed by atoms with Crippen LogP contribution in [0, 0.1) is 11.3 Å². The third-order valence-corrected chi connectivity index (χ3v) is 9.97. The molecule has 272 valence electrons. The van der Waals surface area contributed by atoms with Crippen molar-refractivity contribution in [1.82, 2.24) is 29.0 Å². The van der Waals surface area contributed by atoms with Crippen LogP contribution >= 0.6 is 11.6 Å². The van der Waals surface area contributed by atoms with Crippen molar-refractivity contribution in [3.63, 3.8) is 0 Å². The topological polar surface area (TPSA) is 168 Å². The molecule has 2 aliphatic heterocycles. The molecule has 2 aromatic carbocycles. The van der Waals surface area contributed by atoms with E-state index in [-0.39, 0.29) is 71.9 Å². The summed E-state index contributed by atoms with van der Waals surface area (Å²) in [6.07, 6.45) is -2.83. The lowest BCUT2D eigenvalue weighted by molar-refractivity contribution is -0.137. The number of benzene rings is 2. The van der Waals surface area contributed by atoms with Crippen molar-refractivity contribution in [2.75, 3.05) is 18.4 Å². The van der Waals surface area contributed by atoms with Crippen LogP contribution in [0.3, 0.4) is 0 Å². The highest BCUT2D eigenvalue weighted by Crippen LogP contribution is 2.43. The molecule has 5 heterocycles. The van der Waals surface area contributed by atoms with Gasteiger partial charge in [-0.3, -0.25) is 14.4 Å². The predicted octanol–water partition coefficient (Wildman–Crippen LogP) is 5.43. The number of fused-ring (bicyclic) bond motifs is 3. The van der Waals surface area contributed by atoms with Crippen LogP contribution in [-0.4, -0.2) is 59.1 Å². The number of carbonyl (C=O) groups excluding carboxylic acids is 2. The number of carbonyl (C=O) groups is 2. The van der Waals surface area contributed by atoms with Gasteiger partial charge in [0.25, 0.3) is 11.5 Å². The van der Waals surface area contributed by atoms with E-state index in [9.17, 15) is 37.9 Å². The number of amides is 2. The minimum absolute atomic E-state index is 0.0118. The lowest BCUT2D eigenvalue weighted by Gasteiger charge is -2.38. The summed E-state index contributed by atoms with van der Waals surface area (Å²) >= 11 is 6.12. The molecule has 1 spiro atoms. The van der Waals surface area contributed by atoms with Gasteiger partial charge in [-0.2, -0.15) is 27.9 Å². The second-order valence-electron chi connectivity index (χ2n) is 13.4. The normalized spacial score (nSPS) is 15.4. The average molecular weight is 747 g/mol. The maximum atomic E-state index is 14.3. The van der Waals surface area contributed by atoms with Crippen LogP contribution in [0.15, 0.2) is 65.6 Å². The van der Waals surface area contributed by atoms with Crippen molar-refractivity contribution in [2.45, 2.75) is 57.0 Å². The van der Waals surface area contributed by atoms with E-state index in [1.165, 1.54) is 27.8 Å². The van der Waals surface area contributed by atoms with Gasteiger partial charge >= 0.3 is 6.18 Å². The predicted molar refractivity (Wildman–Crippen MR) is 184 cm³/mol. The van der Waals surface area contributed by atoms with E-state index in [1.54, 1.807) is 38.1 Å². The summed E-state index contributed by atoms with van der Waals surface area (Å²) < 4.78 is 48.6. The molecule has 53 heavy (non-hydrogen) atoms. The summed E-state index contributed by atoms with van der Waals surface area (Å²) in [6, 6.07) is 14.7. The summed E-state index contributed by atoms with van der Waals surface area (Å²) in [6.45, 7) is 3.34. The molecule has 0 aliphatic carbocycles. The second-order valence-corrected chi connectivity index (χ2v) is 13.8. The third-order valence-electron chi connectivity index (χ3n) is 9.66. The number of halogens is 4. The van der Waals surface area contributed by atoms with Crippen molar-refractivity contribution < 1.29 is 32.6 Å². The van der Waals surface area contributed by atoms with Crippen LogP contribution in [0.2, 0.25) is 5.02 Å². The number of nitriles is 1. The molecule has 5 aromatic rings. The number of rotatable bonds is 6. The zero-order valence-corrected chi connectivity index (χ0v) is 29.0. The lowest BCUT2D eigenvalue weighted by atomic mass is 9.85. The van der Waals surface area contributed by atoms with Crippen LogP contribution in [-0.2, 0) is 39.9 Å². The number of piperidine rings is 1. The molecule has 2 aliphatic rings. The monoisotopic (exact) mass is 746 g/mol. The first-order valence-electron chi connectivity index (χ1n) is 16.4. The summed E-state index contributed by atoms with van der Waals surface area (Å²) in [5.74, 6) is -1.24. The molecule has 0 radical (unpaired) electrons. The number of alkyl halides is 3. The fraction of sp³-hybridized carbons (Fsp3) is 0.306. The Balaban J connectivity index is 1.27.